The van der Waals surface area contributed by atoms with Gasteiger partial charge < -0.3 is 9.88 Å². The van der Waals surface area contributed by atoms with E-state index in [4.69, 9.17) is 0 Å². The second-order valence-electron chi connectivity index (χ2n) is 3.94. The van der Waals surface area contributed by atoms with Gasteiger partial charge in [0.25, 0.3) is 0 Å². The zero-order valence-corrected chi connectivity index (χ0v) is 9.66. The number of carbonyl (C=O) groups excluding carboxylic acids is 1. The van der Waals surface area contributed by atoms with Gasteiger partial charge in [-0.05, 0) is 18.6 Å². The monoisotopic (exact) mass is 216 g/mol. The van der Waals surface area contributed by atoms with Gasteiger partial charge in [-0.25, -0.2) is 0 Å². The van der Waals surface area contributed by atoms with Crippen molar-refractivity contribution in [2.75, 3.05) is 13.6 Å². The minimum Gasteiger partial charge on any atom is -0.361 e. The van der Waals surface area contributed by atoms with Crippen molar-refractivity contribution in [3.63, 3.8) is 0 Å². The minimum absolute atomic E-state index is 0.159. The number of aromatic nitrogens is 1. The number of H-pyrrole nitrogens is 1. The highest BCUT2D eigenvalue weighted by atomic mass is 16.2. The van der Waals surface area contributed by atoms with Crippen LogP contribution in [-0.4, -0.2) is 29.4 Å². The van der Waals surface area contributed by atoms with Crippen LogP contribution in [0, 0.1) is 0 Å². The Kier molecular flexibility index (Phi) is 2.95. The van der Waals surface area contributed by atoms with Crippen molar-refractivity contribution in [3.8, 4) is 0 Å². The molecule has 0 fully saturated rings. The Bertz CT molecular complexity index is 501. The van der Waals surface area contributed by atoms with Crippen molar-refractivity contribution < 1.29 is 4.79 Å². The Morgan fingerprint density at radius 2 is 2.12 bits per heavy atom. The average molecular weight is 216 g/mol. The molecule has 0 aliphatic heterocycles. The van der Waals surface area contributed by atoms with Crippen LogP contribution in [0.5, 0.6) is 0 Å². The van der Waals surface area contributed by atoms with Crippen LogP contribution in [-0.2, 0) is 11.2 Å². The number of benzene rings is 1. The van der Waals surface area contributed by atoms with E-state index in [0.717, 1.165) is 23.0 Å². The molecule has 0 aliphatic rings. The molecule has 1 N–H and O–H groups in total. The standard InChI is InChI=1S/C13H16N2O/c1-3-15(2)13(16)8-10-9-14-12-7-5-4-6-11(10)12/h4-7,9,14H,3,8H2,1-2H3. The fourth-order valence-electron chi connectivity index (χ4n) is 1.75. The summed E-state index contributed by atoms with van der Waals surface area (Å²) in [4.78, 5) is 16.7. The third kappa shape index (κ3) is 1.94. The lowest BCUT2D eigenvalue weighted by Crippen LogP contribution is -2.27. The molecule has 0 aliphatic carbocycles. The van der Waals surface area contributed by atoms with Gasteiger partial charge in [-0.1, -0.05) is 18.2 Å². The molecule has 1 aromatic carbocycles. The molecule has 84 valence electrons. The second-order valence-corrected chi connectivity index (χ2v) is 3.94. The van der Waals surface area contributed by atoms with E-state index >= 15 is 0 Å². The van der Waals surface area contributed by atoms with Gasteiger partial charge in [-0.3, -0.25) is 4.79 Å². The van der Waals surface area contributed by atoms with Crippen LogP contribution in [0.1, 0.15) is 12.5 Å². The lowest BCUT2D eigenvalue weighted by molar-refractivity contribution is -0.128. The predicted molar refractivity (Wildman–Crippen MR) is 65.3 cm³/mol. The van der Waals surface area contributed by atoms with Crippen molar-refractivity contribution in [1.29, 1.82) is 0 Å². The van der Waals surface area contributed by atoms with E-state index < -0.39 is 0 Å². The lowest BCUT2D eigenvalue weighted by atomic mass is 10.1. The largest absolute Gasteiger partial charge is 0.361 e. The first-order chi connectivity index (χ1) is 7.72. The van der Waals surface area contributed by atoms with Crippen LogP contribution < -0.4 is 0 Å². The van der Waals surface area contributed by atoms with E-state index in [2.05, 4.69) is 4.98 Å². The smallest absolute Gasteiger partial charge is 0.226 e. The predicted octanol–water partition coefficient (Wildman–Crippen LogP) is 2.19. The molecule has 1 amide bonds. The molecule has 2 rings (SSSR count). The fourth-order valence-corrected chi connectivity index (χ4v) is 1.75. The van der Waals surface area contributed by atoms with Gasteiger partial charge in [0.15, 0.2) is 0 Å². The Morgan fingerprint density at radius 3 is 2.88 bits per heavy atom. The minimum atomic E-state index is 0.159. The van der Waals surface area contributed by atoms with Crippen LogP contribution in [0.4, 0.5) is 0 Å². The summed E-state index contributed by atoms with van der Waals surface area (Å²) >= 11 is 0. The summed E-state index contributed by atoms with van der Waals surface area (Å²) in [6.45, 7) is 2.73. The molecule has 0 saturated heterocycles. The molecule has 2 aromatic rings. The molecular weight excluding hydrogens is 200 g/mol. The zero-order chi connectivity index (χ0) is 11.5. The number of fused-ring (bicyclic) bond motifs is 1. The van der Waals surface area contributed by atoms with Crippen LogP contribution in [0.3, 0.4) is 0 Å². The van der Waals surface area contributed by atoms with Crippen molar-refractivity contribution >= 4 is 16.8 Å². The van der Waals surface area contributed by atoms with Gasteiger partial charge in [0.05, 0.1) is 6.42 Å². The number of para-hydroxylation sites is 1. The number of rotatable bonds is 3. The quantitative estimate of drug-likeness (QED) is 0.838. The maximum absolute atomic E-state index is 11.8. The summed E-state index contributed by atoms with van der Waals surface area (Å²) < 4.78 is 0. The fraction of sp³-hybridized carbons (Fsp3) is 0.308. The number of carbonyl (C=O) groups is 1. The van der Waals surface area contributed by atoms with Crippen LogP contribution in [0.25, 0.3) is 10.9 Å². The van der Waals surface area contributed by atoms with Gasteiger partial charge in [0, 0.05) is 30.7 Å². The summed E-state index contributed by atoms with van der Waals surface area (Å²) in [5.74, 6) is 0.159. The van der Waals surface area contributed by atoms with Gasteiger partial charge in [0.2, 0.25) is 5.91 Å². The molecule has 0 spiro atoms. The highest BCUT2D eigenvalue weighted by molar-refractivity contribution is 5.88. The SMILES string of the molecule is CCN(C)C(=O)Cc1c[nH]c2ccccc12. The third-order valence-corrected chi connectivity index (χ3v) is 2.92. The maximum atomic E-state index is 11.8. The van der Waals surface area contributed by atoms with Gasteiger partial charge in [-0.2, -0.15) is 0 Å². The number of hydrogen-bond acceptors (Lipinski definition) is 1. The molecule has 3 nitrogen and oxygen atoms in total. The van der Waals surface area contributed by atoms with Gasteiger partial charge in [-0.15, -0.1) is 0 Å². The van der Waals surface area contributed by atoms with Crippen LogP contribution in [0.15, 0.2) is 30.5 Å². The molecule has 1 aromatic heterocycles. The summed E-state index contributed by atoms with van der Waals surface area (Å²) in [6.07, 6.45) is 2.39. The molecule has 0 atom stereocenters. The number of nitrogens with one attached hydrogen (secondary N) is 1. The van der Waals surface area contributed by atoms with E-state index in [0.29, 0.717) is 6.42 Å². The molecule has 0 bridgehead atoms. The summed E-state index contributed by atoms with van der Waals surface area (Å²) in [6, 6.07) is 8.05. The first-order valence-electron chi connectivity index (χ1n) is 5.51. The molecule has 16 heavy (non-hydrogen) atoms. The van der Waals surface area contributed by atoms with Crippen molar-refractivity contribution in [1.82, 2.24) is 9.88 Å². The Labute approximate surface area is 95.1 Å². The van der Waals surface area contributed by atoms with Gasteiger partial charge >= 0.3 is 0 Å². The number of nitrogens with zero attached hydrogens (tertiary/aromatic N) is 1. The molecular formula is C13H16N2O. The molecule has 1 heterocycles. The first-order valence-corrected chi connectivity index (χ1v) is 5.51. The topological polar surface area (TPSA) is 36.1 Å². The van der Waals surface area contributed by atoms with E-state index in [1.165, 1.54) is 0 Å². The number of hydrogen-bond donors (Lipinski definition) is 1. The highest BCUT2D eigenvalue weighted by Crippen LogP contribution is 2.18. The second kappa shape index (κ2) is 4.39. The Morgan fingerprint density at radius 1 is 1.38 bits per heavy atom. The average Bonchev–Trinajstić information content (AvgIpc) is 2.72. The molecule has 3 heteroatoms. The number of amides is 1. The Balaban J connectivity index is 2.25. The van der Waals surface area contributed by atoms with Crippen LogP contribution in [0.2, 0.25) is 0 Å². The van der Waals surface area contributed by atoms with E-state index in [-0.39, 0.29) is 5.91 Å². The van der Waals surface area contributed by atoms with Gasteiger partial charge in [0.1, 0.15) is 0 Å². The molecule has 0 saturated carbocycles. The summed E-state index contributed by atoms with van der Waals surface area (Å²) in [5, 5.41) is 1.14. The highest BCUT2D eigenvalue weighted by Gasteiger charge is 2.10. The van der Waals surface area contributed by atoms with E-state index in [1.807, 2.05) is 44.4 Å². The first kappa shape index (κ1) is 10.7. The normalized spacial score (nSPS) is 10.6. The van der Waals surface area contributed by atoms with Crippen molar-refractivity contribution in [2.24, 2.45) is 0 Å². The van der Waals surface area contributed by atoms with Crippen LogP contribution >= 0.6 is 0 Å². The van der Waals surface area contributed by atoms with Crippen molar-refractivity contribution in [3.05, 3.63) is 36.0 Å². The number of likely N-dealkylation sites (N-methyl/N-ethyl adjacent to an activating group) is 1. The molecule has 0 radical (unpaired) electrons. The third-order valence-electron chi connectivity index (χ3n) is 2.92. The van der Waals surface area contributed by atoms with Crippen molar-refractivity contribution in [2.45, 2.75) is 13.3 Å². The number of aromatic amines is 1. The lowest BCUT2D eigenvalue weighted by Gasteiger charge is -2.13. The van der Waals surface area contributed by atoms with E-state index in [1.54, 1.807) is 4.90 Å². The zero-order valence-electron chi connectivity index (χ0n) is 9.66. The summed E-state index contributed by atoms with van der Waals surface area (Å²) in [7, 11) is 1.83. The maximum Gasteiger partial charge on any atom is 0.226 e. The summed E-state index contributed by atoms with van der Waals surface area (Å²) in [5.41, 5.74) is 2.16. The van der Waals surface area contributed by atoms with E-state index in [9.17, 15) is 4.79 Å². The molecule has 0 unspecified atom stereocenters. The Hall–Kier alpha value is -1.77.